The van der Waals surface area contributed by atoms with Gasteiger partial charge in [-0.15, -0.1) is 0 Å². The van der Waals surface area contributed by atoms with Crippen molar-refractivity contribution < 1.29 is 18.3 Å². The van der Waals surface area contributed by atoms with Crippen LogP contribution in [0.4, 0.5) is 14.5 Å². The molecule has 0 unspecified atom stereocenters. The Morgan fingerprint density at radius 2 is 1.40 bits per heavy atom. The number of ether oxygens (including phenoxy) is 2. The zero-order valence-electron chi connectivity index (χ0n) is 11.2. The van der Waals surface area contributed by atoms with E-state index < -0.39 is 6.43 Å². The van der Waals surface area contributed by atoms with Crippen molar-refractivity contribution in [3.8, 4) is 22.6 Å². The molecule has 0 bridgehead atoms. The van der Waals surface area contributed by atoms with E-state index in [1.54, 1.807) is 24.3 Å². The molecule has 0 aliphatic heterocycles. The molecule has 5 heteroatoms. The lowest BCUT2D eigenvalue weighted by Gasteiger charge is -2.11. The van der Waals surface area contributed by atoms with E-state index in [9.17, 15) is 8.78 Å². The fourth-order valence-corrected chi connectivity index (χ4v) is 1.94. The summed E-state index contributed by atoms with van der Waals surface area (Å²) < 4.78 is 36.0. The molecule has 20 heavy (non-hydrogen) atoms. The van der Waals surface area contributed by atoms with Crippen LogP contribution in [-0.4, -0.2) is 14.2 Å². The molecule has 0 amide bonds. The average molecular weight is 279 g/mol. The summed E-state index contributed by atoms with van der Waals surface area (Å²) in [5.41, 5.74) is 7.16. The van der Waals surface area contributed by atoms with Gasteiger partial charge < -0.3 is 15.2 Å². The van der Waals surface area contributed by atoms with Crippen molar-refractivity contribution in [3.05, 3.63) is 42.0 Å². The van der Waals surface area contributed by atoms with Crippen LogP contribution in [0.2, 0.25) is 0 Å². The monoisotopic (exact) mass is 279 g/mol. The van der Waals surface area contributed by atoms with Crippen molar-refractivity contribution in [1.82, 2.24) is 0 Å². The Morgan fingerprint density at radius 3 is 1.90 bits per heavy atom. The van der Waals surface area contributed by atoms with Gasteiger partial charge in [-0.05, 0) is 41.5 Å². The Bertz CT molecular complexity index is 593. The lowest BCUT2D eigenvalue weighted by atomic mass is 10.0. The summed E-state index contributed by atoms with van der Waals surface area (Å²) in [4.78, 5) is 0. The minimum absolute atomic E-state index is 0.109. The second-order valence-corrected chi connectivity index (χ2v) is 4.29. The molecule has 0 atom stereocenters. The molecule has 2 rings (SSSR count). The van der Waals surface area contributed by atoms with Crippen LogP contribution in [0.25, 0.3) is 11.1 Å². The van der Waals surface area contributed by atoms with Gasteiger partial charge in [-0.3, -0.25) is 0 Å². The third-order valence-corrected chi connectivity index (χ3v) is 2.91. The molecule has 2 N–H and O–H groups in total. The van der Waals surface area contributed by atoms with Gasteiger partial charge in [0.25, 0.3) is 6.43 Å². The Morgan fingerprint density at radius 1 is 0.850 bits per heavy atom. The van der Waals surface area contributed by atoms with Gasteiger partial charge in [0.15, 0.2) is 0 Å². The average Bonchev–Trinajstić information content (AvgIpc) is 2.45. The second-order valence-electron chi connectivity index (χ2n) is 4.29. The molecule has 0 aliphatic carbocycles. The fraction of sp³-hybridized carbons (Fsp3) is 0.200. The summed E-state index contributed by atoms with van der Waals surface area (Å²) in [7, 11) is 3.06. The first-order valence-corrected chi connectivity index (χ1v) is 5.95. The molecule has 0 saturated carbocycles. The number of benzene rings is 2. The zero-order valence-corrected chi connectivity index (χ0v) is 11.2. The predicted molar refractivity (Wildman–Crippen MR) is 74.4 cm³/mol. The van der Waals surface area contributed by atoms with E-state index in [4.69, 9.17) is 15.2 Å². The number of nitrogens with two attached hydrogens (primary N) is 1. The summed E-state index contributed by atoms with van der Waals surface area (Å²) >= 11 is 0. The number of anilines is 1. The van der Waals surface area contributed by atoms with Crippen molar-refractivity contribution in [2.45, 2.75) is 6.43 Å². The van der Waals surface area contributed by atoms with Crippen LogP contribution in [0.1, 0.15) is 12.0 Å². The van der Waals surface area contributed by atoms with Gasteiger partial charge in [0, 0.05) is 17.3 Å². The first-order valence-electron chi connectivity index (χ1n) is 5.95. The molecular weight excluding hydrogens is 264 g/mol. The third-order valence-electron chi connectivity index (χ3n) is 2.91. The molecule has 0 aliphatic rings. The first-order chi connectivity index (χ1) is 9.53. The van der Waals surface area contributed by atoms with E-state index in [1.807, 2.05) is 0 Å². The topological polar surface area (TPSA) is 44.5 Å². The van der Waals surface area contributed by atoms with E-state index in [1.165, 1.54) is 26.4 Å². The summed E-state index contributed by atoms with van der Waals surface area (Å²) in [6.45, 7) is 0. The molecule has 2 aromatic carbocycles. The highest BCUT2D eigenvalue weighted by atomic mass is 19.3. The molecule has 3 nitrogen and oxygen atoms in total. The van der Waals surface area contributed by atoms with Gasteiger partial charge in [0.1, 0.15) is 11.5 Å². The van der Waals surface area contributed by atoms with Crippen LogP contribution in [0.15, 0.2) is 36.4 Å². The number of hydrogen-bond donors (Lipinski definition) is 1. The summed E-state index contributed by atoms with van der Waals surface area (Å²) in [5, 5.41) is 0. The van der Waals surface area contributed by atoms with E-state index >= 15 is 0 Å². The molecule has 106 valence electrons. The van der Waals surface area contributed by atoms with Crippen LogP contribution in [0.5, 0.6) is 11.5 Å². The third kappa shape index (κ3) is 2.99. The van der Waals surface area contributed by atoms with Crippen molar-refractivity contribution in [2.75, 3.05) is 20.0 Å². The summed E-state index contributed by atoms with van der Waals surface area (Å²) in [5.74, 6) is 1.17. The maximum Gasteiger partial charge on any atom is 0.263 e. The second kappa shape index (κ2) is 5.77. The highest BCUT2D eigenvalue weighted by Gasteiger charge is 2.11. The molecule has 0 fully saturated rings. The number of nitrogen functional groups attached to an aromatic ring is 1. The van der Waals surface area contributed by atoms with Gasteiger partial charge in [-0.25, -0.2) is 8.78 Å². The van der Waals surface area contributed by atoms with Crippen LogP contribution in [-0.2, 0) is 0 Å². The number of rotatable bonds is 4. The first kappa shape index (κ1) is 14.1. The highest BCUT2D eigenvalue weighted by molar-refractivity contribution is 5.71. The summed E-state index contributed by atoms with van der Waals surface area (Å²) in [6.07, 6.45) is -2.57. The van der Waals surface area contributed by atoms with Gasteiger partial charge in [0.2, 0.25) is 0 Å². The molecule has 0 heterocycles. The Labute approximate surface area is 115 Å². The van der Waals surface area contributed by atoms with Crippen molar-refractivity contribution in [3.63, 3.8) is 0 Å². The van der Waals surface area contributed by atoms with Crippen molar-refractivity contribution in [1.29, 1.82) is 0 Å². The number of methoxy groups -OCH3 is 2. The van der Waals surface area contributed by atoms with Gasteiger partial charge >= 0.3 is 0 Å². The Kier molecular flexibility index (Phi) is 4.08. The van der Waals surface area contributed by atoms with Gasteiger partial charge in [-0.1, -0.05) is 0 Å². The minimum atomic E-state index is -2.57. The number of hydrogen-bond acceptors (Lipinski definition) is 3. The SMILES string of the molecule is COc1cc(OC)cc(-c2cc(N)cc(C(F)F)c2)c1. The molecular formula is C15H15F2NO2. The van der Waals surface area contributed by atoms with E-state index in [0.29, 0.717) is 28.3 Å². The standard InChI is InChI=1S/C15H15F2NO2/c1-19-13-6-10(7-14(8-13)20-2)9-3-11(15(16)17)5-12(18)4-9/h3-8,15H,18H2,1-2H3. The van der Waals surface area contributed by atoms with Crippen LogP contribution in [0.3, 0.4) is 0 Å². The van der Waals surface area contributed by atoms with Crippen molar-refractivity contribution >= 4 is 5.69 Å². The molecule has 2 aromatic rings. The van der Waals surface area contributed by atoms with Crippen LogP contribution in [0, 0.1) is 0 Å². The number of alkyl halides is 2. The van der Waals surface area contributed by atoms with E-state index in [2.05, 4.69) is 0 Å². The maximum atomic E-state index is 12.8. The predicted octanol–water partition coefficient (Wildman–Crippen LogP) is 3.89. The van der Waals surface area contributed by atoms with Crippen LogP contribution >= 0.6 is 0 Å². The lowest BCUT2D eigenvalue weighted by molar-refractivity contribution is 0.151. The largest absolute Gasteiger partial charge is 0.497 e. The molecule has 0 spiro atoms. The van der Waals surface area contributed by atoms with Gasteiger partial charge in [-0.2, -0.15) is 0 Å². The molecule has 0 radical (unpaired) electrons. The van der Waals surface area contributed by atoms with Gasteiger partial charge in [0.05, 0.1) is 14.2 Å². The van der Waals surface area contributed by atoms with E-state index in [0.717, 1.165) is 0 Å². The number of halogens is 2. The Balaban J connectivity index is 2.55. The minimum Gasteiger partial charge on any atom is -0.497 e. The van der Waals surface area contributed by atoms with E-state index in [-0.39, 0.29) is 5.56 Å². The maximum absolute atomic E-state index is 12.8. The smallest absolute Gasteiger partial charge is 0.263 e. The normalized spacial score (nSPS) is 10.7. The fourth-order valence-electron chi connectivity index (χ4n) is 1.94. The molecule has 0 aromatic heterocycles. The Hall–Kier alpha value is -2.30. The molecule has 0 saturated heterocycles. The van der Waals surface area contributed by atoms with Crippen molar-refractivity contribution in [2.24, 2.45) is 0 Å². The van der Waals surface area contributed by atoms with Crippen LogP contribution < -0.4 is 15.2 Å². The quantitative estimate of drug-likeness (QED) is 0.863. The lowest BCUT2D eigenvalue weighted by Crippen LogP contribution is -1.93. The highest BCUT2D eigenvalue weighted by Crippen LogP contribution is 2.33. The zero-order chi connectivity index (χ0) is 14.7. The summed E-state index contributed by atoms with van der Waals surface area (Å²) in [6, 6.07) is 9.52.